The molecule has 0 saturated heterocycles. The van der Waals surface area contributed by atoms with E-state index in [1.54, 1.807) is 0 Å². The van der Waals surface area contributed by atoms with Crippen molar-refractivity contribution < 1.29 is 13.6 Å². The Labute approximate surface area is 117 Å². The molecule has 6 heteroatoms. The molecule has 1 amide bonds. The second-order valence-corrected chi connectivity index (χ2v) is 5.26. The second kappa shape index (κ2) is 7.19. The summed E-state index contributed by atoms with van der Waals surface area (Å²) < 4.78 is 27.9. The van der Waals surface area contributed by atoms with Crippen LogP contribution in [0.3, 0.4) is 0 Å². The Balaban J connectivity index is 2.83. The maximum atomic E-state index is 13.9. The van der Waals surface area contributed by atoms with Gasteiger partial charge in [-0.25, -0.2) is 8.78 Å². The number of benzene rings is 1. The molecule has 0 radical (unpaired) electrons. The Morgan fingerprint density at radius 2 is 1.90 bits per heavy atom. The molecule has 0 heterocycles. The maximum absolute atomic E-state index is 13.9. The van der Waals surface area contributed by atoms with Crippen LogP contribution in [0.25, 0.3) is 0 Å². The minimum Gasteiger partial charge on any atom is -0.368 e. The lowest BCUT2D eigenvalue weighted by Gasteiger charge is -2.19. The van der Waals surface area contributed by atoms with Crippen LogP contribution in [0.5, 0.6) is 0 Å². The SMILES string of the molecule is CC(C)CNCc1cc(F)c(N(C)CC(N)=O)c(F)c1. The number of hydrogen-bond donors (Lipinski definition) is 2. The first kappa shape index (κ1) is 16.4. The average Bonchev–Trinajstić information content (AvgIpc) is 2.26. The number of carbonyl (C=O) groups is 1. The zero-order valence-corrected chi connectivity index (χ0v) is 12.0. The lowest BCUT2D eigenvalue weighted by molar-refractivity contribution is -0.116. The van der Waals surface area contributed by atoms with Crippen molar-refractivity contribution in [3.8, 4) is 0 Å². The van der Waals surface area contributed by atoms with Crippen molar-refractivity contribution in [2.75, 3.05) is 25.0 Å². The number of anilines is 1. The van der Waals surface area contributed by atoms with Crippen LogP contribution in [0.15, 0.2) is 12.1 Å². The van der Waals surface area contributed by atoms with Gasteiger partial charge >= 0.3 is 0 Å². The molecule has 1 aromatic rings. The Morgan fingerprint density at radius 3 is 2.35 bits per heavy atom. The molecule has 0 aliphatic carbocycles. The van der Waals surface area contributed by atoms with E-state index in [0.717, 1.165) is 6.54 Å². The predicted octanol–water partition coefficient (Wildman–Crippen LogP) is 1.63. The normalized spacial score (nSPS) is 10.9. The van der Waals surface area contributed by atoms with E-state index in [4.69, 9.17) is 5.73 Å². The fourth-order valence-corrected chi connectivity index (χ4v) is 1.90. The maximum Gasteiger partial charge on any atom is 0.236 e. The monoisotopic (exact) mass is 285 g/mol. The average molecular weight is 285 g/mol. The molecule has 1 aromatic carbocycles. The second-order valence-electron chi connectivity index (χ2n) is 5.26. The first-order valence-corrected chi connectivity index (χ1v) is 6.49. The van der Waals surface area contributed by atoms with Gasteiger partial charge in [-0.1, -0.05) is 13.8 Å². The smallest absolute Gasteiger partial charge is 0.236 e. The van der Waals surface area contributed by atoms with E-state index < -0.39 is 17.5 Å². The number of rotatable bonds is 7. The lowest BCUT2D eigenvalue weighted by atomic mass is 10.1. The van der Waals surface area contributed by atoms with Gasteiger partial charge in [0.25, 0.3) is 0 Å². The molecule has 0 unspecified atom stereocenters. The summed E-state index contributed by atoms with van der Waals surface area (Å²) >= 11 is 0. The number of likely N-dealkylation sites (N-methyl/N-ethyl adjacent to an activating group) is 1. The minimum absolute atomic E-state index is 0.237. The van der Waals surface area contributed by atoms with Crippen molar-refractivity contribution in [1.82, 2.24) is 5.32 Å². The Hall–Kier alpha value is -1.69. The molecular formula is C14H21F2N3O. The van der Waals surface area contributed by atoms with E-state index in [9.17, 15) is 13.6 Å². The van der Waals surface area contributed by atoms with Gasteiger partial charge in [0.1, 0.15) is 17.3 Å². The lowest BCUT2D eigenvalue weighted by Crippen LogP contribution is -2.31. The number of nitrogens with zero attached hydrogens (tertiary/aromatic N) is 1. The summed E-state index contributed by atoms with van der Waals surface area (Å²) in [5, 5.41) is 3.12. The van der Waals surface area contributed by atoms with Gasteiger partial charge in [-0.3, -0.25) is 4.79 Å². The molecule has 0 fully saturated rings. The van der Waals surface area contributed by atoms with E-state index in [1.165, 1.54) is 24.1 Å². The van der Waals surface area contributed by atoms with Crippen molar-refractivity contribution in [3.63, 3.8) is 0 Å². The number of nitrogens with two attached hydrogens (primary N) is 1. The number of amides is 1. The summed E-state index contributed by atoms with van der Waals surface area (Å²) in [5.74, 6) is -1.58. The molecule has 0 aromatic heterocycles. The third kappa shape index (κ3) is 4.77. The molecule has 112 valence electrons. The van der Waals surface area contributed by atoms with Gasteiger partial charge in [0.2, 0.25) is 5.91 Å². The highest BCUT2D eigenvalue weighted by Gasteiger charge is 2.16. The summed E-state index contributed by atoms with van der Waals surface area (Å²) in [6.07, 6.45) is 0. The van der Waals surface area contributed by atoms with Crippen LogP contribution in [0.1, 0.15) is 19.4 Å². The van der Waals surface area contributed by atoms with E-state index in [0.29, 0.717) is 18.0 Å². The van der Waals surface area contributed by atoms with Gasteiger partial charge in [0.15, 0.2) is 0 Å². The molecule has 20 heavy (non-hydrogen) atoms. The van der Waals surface area contributed by atoms with Crippen LogP contribution in [-0.4, -0.2) is 26.0 Å². The Bertz CT molecular complexity index is 454. The summed E-state index contributed by atoms with van der Waals surface area (Å²) in [6, 6.07) is 2.53. The zero-order valence-electron chi connectivity index (χ0n) is 12.0. The topological polar surface area (TPSA) is 58.4 Å². The van der Waals surface area contributed by atoms with Crippen LogP contribution in [0.2, 0.25) is 0 Å². The highest BCUT2D eigenvalue weighted by atomic mass is 19.1. The standard InChI is InChI=1S/C14H21F2N3O/c1-9(2)6-18-7-10-4-11(15)14(12(16)5-10)19(3)8-13(17)20/h4-5,9,18H,6-8H2,1-3H3,(H2,17,20). The number of primary amides is 1. The van der Waals surface area contributed by atoms with Gasteiger partial charge in [0, 0.05) is 13.6 Å². The molecule has 1 rings (SSSR count). The molecule has 4 nitrogen and oxygen atoms in total. The Morgan fingerprint density at radius 1 is 1.35 bits per heavy atom. The Kier molecular flexibility index (Phi) is 5.88. The van der Waals surface area contributed by atoms with Crippen molar-refractivity contribution in [2.45, 2.75) is 20.4 Å². The number of carbonyl (C=O) groups excluding carboxylic acids is 1. The van der Waals surface area contributed by atoms with Gasteiger partial charge < -0.3 is 16.0 Å². The number of halogens is 2. The van der Waals surface area contributed by atoms with Crippen LogP contribution >= 0.6 is 0 Å². The van der Waals surface area contributed by atoms with Crippen LogP contribution in [0, 0.1) is 17.6 Å². The predicted molar refractivity (Wildman–Crippen MR) is 75.4 cm³/mol. The fraction of sp³-hybridized carbons (Fsp3) is 0.500. The van der Waals surface area contributed by atoms with Crippen LogP contribution in [-0.2, 0) is 11.3 Å². The minimum atomic E-state index is -0.699. The zero-order chi connectivity index (χ0) is 15.3. The van der Waals surface area contributed by atoms with Crippen LogP contribution in [0.4, 0.5) is 14.5 Å². The van der Waals surface area contributed by atoms with E-state index >= 15 is 0 Å². The highest BCUT2D eigenvalue weighted by molar-refractivity contribution is 5.79. The van der Waals surface area contributed by atoms with Crippen molar-refractivity contribution >= 4 is 11.6 Å². The largest absolute Gasteiger partial charge is 0.368 e. The summed E-state index contributed by atoms with van der Waals surface area (Å²) in [4.78, 5) is 12.0. The van der Waals surface area contributed by atoms with Crippen molar-refractivity contribution in [1.29, 1.82) is 0 Å². The molecule has 3 N–H and O–H groups in total. The van der Waals surface area contributed by atoms with E-state index in [2.05, 4.69) is 19.2 Å². The molecule has 0 aliphatic heterocycles. The van der Waals surface area contributed by atoms with Gasteiger partial charge in [-0.2, -0.15) is 0 Å². The molecular weight excluding hydrogens is 264 g/mol. The number of hydrogen-bond acceptors (Lipinski definition) is 3. The van der Waals surface area contributed by atoms with Crippen LogP contribution < -0.4 is 16.0 Å². The van der Waals surface area contributed by atoms with Gasteiger partial charge in [0.05, 0.1) is 6.54 Å². The summed E-state index contributed by atoms with van der Waals surface area (Å²) in [7, 11) is 1.42. The third-order valence-corrected chi connectivity index (χ3v) is 2.73. The molecule has 0 atom stereocenters. The van der Waals surface area contributed by atoms with E-state index in [-0.39, 0.29) is 12.2 Å². The fourth-order valence-electron chi connectivity index (χ4n) is 1.90. The molecule has 0 bridgehead atoms. The van der Waals surface area contributed by atoms with Gasteiger partial charge in [-0.15, -0.1) is 0 Å². The summed E-state index contributed by atoms with van der Waals surface area (Å²) in [5.41, 5.74) is 5.30. The first-order valence-electron chi connectivity index (χ1n) is 6.49. The molecule has 0 spiro atoms. The van der Waals surface area contributed by atoms with Crippen molar-refractivity contribution in [2.24, 2.45) is 11.7 Å². The van der Waals surface area contributed by atoms with Gasteiger partial charge in [-0.05, 0) is 30.2 Å². The number of nitrogens with one attached hydrogen (secondary N) is 1. The summed E-state index contributed by atoms with van der Waals surface area (Å²) in [6.45, 7) is 5.03. The molecule has 0 aliphatic rings. The molecule has 0 saturated carbocycles. The van der Waals surface area contributed by atoms with Crippen molar-refractivity contribution in [3.05, 3.63) is 29.3 Å². The van der Waals surface area contributed by atoms with E-state index in [1.807, 2.05) is 0 Å². The third-order valence-electron chi connectivity index (χ3n) is 2.73. The first-order chi connectivity index (χ1) is 9.31. The quantitative estimate of drug-likeness (QED) is 0.800. The highest BCUT2D eigenvalue weighted by Crippen LogP contribution is 2.24.